The molecule has 0 saturated carbocycles. The van der Waals surface area contributed by atoms with E-state index < -0.39 is 0 Å². The Morgan fingerprint density at radius 3 is 2.68 bits per heavy atom. The summed E-state index contributed by atoms with van der Waals surface area (Å²) < 4.78 is 1.77. The van der Waals surface area contributed by atoms with E-state index in [2.05, 4.69) is 29.5 Å². The van der Waals surface area contributed by atoms with Gasteiger partial charge >= 0.3 is 0 Å². The third kappa shape index (κ3) is 7.33. The normalized spacial score (nSPS) is 12.6. The van der Waals surface area contributed by atoms with Crippen LogP contribution in [-0.2, 0) is 11.3 Å². The lowest BCUT2D eigenvalue weighted by molar-refractivity contribution is -0.117. The number of amides is 1. The maximum Gasteiger partial charge on any atom is 0.244 e. The van der Waals surface area contributed by atoms with Crippen LogP contribution in [0, 0.1) is 5.92 Å². The highest BCUT2D eigenvalue weighted by Crippen LogP contribution is 2.08. The van der Waals surface area contributed by atoms with Crippen LogP contribution in [0.4, 0.5) is 0 Å². The number of hydrogen-bond acceptors (Lipinski definition) is 3. The van der Waals surface area contributed by atoms with E-state index in [1.165, 1.54) is 12.5 Å². The first-order valence-corrected chi connectivity index (χ1v) is 8.95. The summed E-state index contributed by atoms with van der Waals surface area (Å²) in [7, 11) is 0. The molecule has 0 bridgehead atoms. The van der Waals surface area contributed by atoms with Crippen molar-refractivity contribution < 1.29 is 4.79 Å². The fourth-order valence-corrected chi connectivity index (χ4v) is 2.59. The van der Waals surface area contributed by atoms with Crippen LogP contribution in [0.15, 0.2) is 42.6 Å². The summed E-state index contributed by atoms with van der Waals surface area (Å²) in [5.74, 6) is 0.621. The fourth-order valence-electron chi connectivity index (χ4n) is 2.59. The van der Waals surface area contributed by atoms with Gasteiger partial charge in [0.1, 0.15) is 5.69 Å². The highest BCUT2D eigenvalue weighted by molar-refractivity contribution is 5.91. The summed E-state index contributed by atoms with van der Waals surface area (Å²) in [4.78, 5) is 12.0. The minimum Gasteiger partial charge on any atom is -0.350 e. The topological polar surface area (TPSA) is 59.8 Å². The molecule has 0 aliphatic rings. The van der Waals surface area contributed by atoms with Gasteiger partial charge in [0, 0.05) is 12.1 Å². The molecule has 0 aliphatic carbocycles. The number of aromatic nitrogens is 3. The Morgan fingerprint density at radius 2 is 1.96 bits per heavy atom. The molecule has 1 aromatic carbocycles. The lowest BCUT2D eigenvalue weighted by atomic mass is 10.0. The van der Waals surface area contributed by atoms with Crippen molar-refractivity contribution in [2.45, 2.75) is 52.6 Å². The van der Waals surface area contributed by atoms with Crippen LogP contribution in [0.3, 0.4) is 0 Å². The quantitative estimate of drug-likeness (QED) is 0.709. The molecule has 1 N–H and O–H groups in total. The first-order chi connectivity index (χ1) is 12.0. The Labute approximate surface area is 150 Å². The molecule has 1 heterocycles. The van der Waals surface area contributed by atoms with E-state index in [0.29, 0.717) is 18.2 Å². The number of hydrogen-bond donors (Lipinski definition) is 1. The summed E-state index contributed by atoms with van der Waals surface area (Å²) in [6.45, 7) is 7.15. The number of nitrogens with one attached hydrogen (secondary N) is 1. The summed E-state index contributed by atoms with van der Waals surface area (Å²) >= 11 is 0. The standard InChI is InChI=1S/C20H28N4O/c1-16(2)8-7-9-17(3)21-20(25)13-12-19-15-24(23-22-19)14-18-10-5-4-6-11-18/h4-6,10-13,15-17H,7-9,14H2,1-3H3,(H,21,25)/b13-12+. The van der Waals surface area contributed by atoms with Crippen molar-refractivity contribution in [3.8, 4) is 0 Å². The summed E-state index contributed by atoms with van der Waals surface area (Å²) in [6.07, 6.45) is 8.39. The molecule has 0 saturated heterocycles. The SMILES string of the molecule is CC(C)CCCC(C)NC(=O)/C=C/c1cn(Cc2ccccc2)nn1. The van der Waals surface area contributed by atoms with Crippen molar-refractivity contribution in [3.05, 3.63) is 53.9 Å². The van der Waals surface area contributed by atoms with Gasteiger partial charge in [0.25, 0.3) is 0 Å². The Morgan fingerprint density at radius 1 is 1.20 bits per heavy atom. The molecule has 0 radical (unpaired) electrons. The van der Waals surface area contributed by atoms with Gasteiger partial charge in [0.05, 0.1) is 12.7 Å². The molecule has 1 unspecified atom stereocenters. The van der Waals surface area contributed by atoms with Gasteiger partial charge in [-0.3, -0.25) is 4.79 Å². The van der Waals surface area contributed by atoms with E-state index in [0.717, 1.165) is 18.4 Å². The zero-order chi connectivity index (χ0) is 18.1. The van der Waals surface area contributed by atoms with Gasteiger partial charge in [-0.05, 0) is 30.9 Å². The van der Waals surface area contributed by atoms with Crippen LogP contribution < -0.4 is 5.32 Å². The van der Waals surface area contributed by atoms with Gasteiger partial charge in [-0.25, -0.2) is 4.68 Å². The molecule has 134 valence electrons. The van der Waals surface area contributed by atoms with E-state index in [1.54, 1.807) is 10.8 Å². The number of carbonyl (C=O) groups is 1. The maximum absolute atomic E-state index is 12.0. The molecular weight excluding hydrogens is 312 g/mol. The van der Waals surface area contributed by atoms with Gasteiger partial charge in [0.15, 0.2) is 0 Å². The molecule has 25 heavy (non-hydrogen) atoms. The van der Waals surface area contributed by atoms with Gasteiger partial charge < -0.3 is 5.32 Å². The largest absolute Gasteiger partial charge is 0.350 e. The Bertz CT molecular complexity index is 676. The van der Waals surface area contributed by atoms with Gasteiger partial charge in [-0.2, -0.15) is 0 Å². The van der Waals surface area contributed by atoms with Crippen molar-refractivity contribution in [1.29, 1.82) is 0 Å². The average Bonchev–Trinajstić information content (AvgIpc) is 3.01. The van der Waals surface area contributed by atoms with E-state index in [-0.39, 0.29) is 11.9 Å². The van der Waals surface area contributed by atoms with Crippen LogP contribution in [0.5, 0.6) is 0 Å². The molecular formula is C20H28N4O. The highest BCUT2D eigenvalue weighted by atomic mass is 16.1. The molecule has 1 aromatic heterocycles. The summed E-state index contributed by atoms with van der Waals surface area (Å²) in [5, 5.41) is 11.2. The van der Waals surface area contributed by atoms with Crippen molar-refractivity contribution in [3.63, 3.8) is 0 Å². The smallest absolute Gasteiger partial charge is 0.244 e. The van der Waals surface area contributed by atoms with E-state index in [1.807, 2.05) is 43.5 Å². The molecule has 1 amide bonds. The molecule has 2 rings (SSSR count). The minimum absolute atomic E-state index is 0.0883. The van der Waals surface area contributed by atoms with Crippen LogP contribution in [0.25, 0.3) is 6.08 Å². The molecule has 5 heteroatoms. The van der Waals surface area contributed by atoms with Crippen LogP contribution in [0.1, 0.15) is 51.3 Å². The summed E-state index contributed by atoms with van der Waals surface area (Å²) in [5.41, 5.74) is 1.84. The van der Waals surface area contributed by atoms with Crippen molar-refractivity contribution >= 4 is 12.0 Å². The fraction of sp³-hybridized carbons (Fsp3) is 0.450. The second kappa shape index (κ2) is 9.77. The third-order valence-electron chi connectivity index (χ3n) is 3.96. The highest BCUT2D eigenvalue weighted by Gasteiger charge is 2.06. The molecule has 0 fully saturated rings. The van der Waals surface area contributed by atoms with Gasteiger partial charge in [0.2, 0.25) is 5.91 Å². The predicted octanol–water partition coefficient (Wildman–Crippen LogP) is 3.67. The molecule has 2 aromatic rings. The van der Waals surface area contributed by atoms with E-state index in [9.17, 15) is 4.79 Å². The first-order valence-electron chi connectivity index (χ1n) is 8.95. The first kappa shape index (κ1) is 18.9. The average molecular weight is 340 g/mol. The lowest BCUT2D eigenvalue weighted by Crippen LogP contribution is -2.31. The van der Waals surface area contributed by atoms with Crippen molar-refractivity contribution in [2.24, 2.45) is 5.92 Å². The van der Waals surface area contributed by atoms with Crippen LogP contribution >= 0.6 is 0 Å². The Kier molecular flexibility index (Phi) is 7.38. The zero-order valence-electron chi connectivity index (χ0n) is 15.4. The van der Waals surface area contributed by atoms with E-state index in [4.69, 9.17) is 0 Å². The van der Waals surface area contributed by atoms with Gasteiger partial charge in [-0.1, -0.05) is 62.2 Å². The zero-order valence-corrected chi connectivity index (χ0v) is 15.4. The molecule has 0 spiro atoms. The molecule has 5 nitrogen and oxygen atoms in total. The number of nitrogens with zero attached hydrogens (tertiary/aromatic N) is 3. The number of rotatable bonds is 9. The lowest BCUT2D eigenvalue weighted by Gasteiger charge is -2.12. The Balaban J connectivity index is 1.78. The molecule has 1 atom stereocenters. The summed E-state index contributed by atoms with van der Waals surface area (Å²) in [6, 6.07) is 10.3. The maximum atomic E-state index is 12.0. The number of carbonyl (C=O) groups excluding carboxylic acids is 1. The monoisotopic (exact) mass is 340 g/mol. The minimum atomic E-state index is -0.0883. The predicted molar refractivity (Wildman–Crippen MR) is 101 cm³/mol. The van der Waals surface area contributed by atoms with Crippen molar-refractivity contribution in [2.75, 3.05) is 0 Å². The van der Waals surface area contributed by atoms with Gasteiger partial charge in [-0.15, -0.1) is 5.10 Å². The second-order valence-corrected chi connectivity index (χ2v) is 6.89. The third-order valence-corrected chi connectivity index (χ3v) is 3.96. The molecule has 0 aliphatic heterocycles. The second-order valence-electron chi connectivity index (χ2n) is 6.89. The van der Waals surface area contributed by atoms with Crippen LogP contribution in [0.2, 0.25) is 0 Å². The van der Waals surface area contributed by atoms with Crippen LogP contribution in [-0.4, -0.2) is 26.9 Å². The van der Waals surface area contributed by atoms with Crippen molar-refractivity contribution in [1.82, 2.24) is 20.3 Å². The number of benzene rings is 1. The van der Waals surface area contributed by atoms with E-state index >= 15 is 0 Å². The Hall–Kier alpha value is -2.43.